The van der Waals surface area contributed by atoms with Gasteiger partial charge in [-0.3, -0.25) is 0 Å². The van der Waals surface area contributed by atoms with Crippen molar-refractivity contribution in [3.8, 4) is 5.75 Å². The second-order valence-electron chi connectivity index (χ2n) is 4.86. The summed E-state index contributed by atoms with van der Waals surface area (Å²) in [5.74, 6) is 1.58. The standard InChI is InChI=1S/C15H18O4/c1-9(2)7-10-8-12-11(15(16)18-4)5-6-13(17-3)14(12)19-10/h5-6,8-9H,7H2,1-4H3. The molecule has 0 saturated heterocycles. The molecule has 0 aliphatic rings. The summed E-state index contributed by atoms with van der Waals surface area (Å²) in [6.07, 6.45) is 0.818. The molecule has 2 aromatic rings. The molecule has 0 aliphatic carbocycles. The minimum Gasteiger partial charge on any atom is -0.493 e. The van der Waals surface area contributed by atoms with E-state index in [1.165, 1.54) is 7.11 Å². The Balaban J connectivity index is 2.60. The van der Waals surface area contributed by atoms with Gasteiger partial charge < -0.3 is 13.9 Å². The van der Waals surface area contributed by atoms with Gasteiger partial charge in [-0.2, -0.15) is 0 Å². The fourth-order valence-electron chi connectivity index (χ4n) is 2.10. The molecule has 0 unspecified atom stereocenters. The average molecular weight is 262 g/mol. The fraction of sp³-hybridized carbons (Fsp3) is 0.400. The second kappa shape index (κ2) is 5.34. The van der Waals surface area contributed by atoms with Gasteiger partial charge in [-0.1, -0.05) is 13.8 Å². The first-order valence-corrected chi connectivity index (χ1v) is 6.24. The molecule has 0 bridgehead atoms. The molecule has 2 rings (SSSR count). The molecule has 0 spiro atoms. The Morgan fingerprint density at radius 1 is 1.32 bits per heavy atom. The molecule has 0 fully saturated rings. The van der Waals surface area contributed by atoms with E-state index in [-0.39, 0.29) is 5.97 Å². The molecule has 0 amide bonds. The highest BCUT2D eigenvalue weighted by Gasteiger charge is 2.18. The first-order valence-electron chi connectivity index (χ1n) is 6.24. The van der Waals surface area contributed by atoms with Crippen LogP contribution in [0, 0.1) is 5.92 Å². The van der Waals surface area contributed by atoms with Crippen LogP contribution in [0.25, 0.3) is 11.0 Å². The Bertz CT molecular complexity index is 595. The molecule has 1 heterocycles. The molecule has 1 aromatic heterocycles. The van der Waals surface area contributed by atoms with Crippen LogP contribution >= 0.6 is 0 Å². The third-order valence-corrected chi connectivity index (χ3v) is 2.93. The van der Waals surface area contributed by atoms with Crippen molar-refractivity contribution in [1.29, 1.82) is 0 Å². The number of hydrogen-bond donors (Lipinski definition) is 0. The van der Waals surface area contributed by atoms with Crippen LogP contribution in [0.15, 0.2) is 22.6 Å². The van der Waals surface area contributed by atoms with Crippen LogP contribution in [0.4, 0.5) is 0 Å². The van der Waals surface area contributed by atoms with Crippen molar-refractivity contribution in [2.75, 3.05) is 14.2 Å². The molecule has 4 nitrogen and oxygen atoms in total. The highest BCUT2D eigenvalue weighted by atomic mass is 16.5. The van der Waals surface area contributed by atoms with Gasteiger partial charge >= 0.3 is 5.97 Å². The average Bonchev–Trinajstić information content (AvgIpc) is 2.78. The zero-order valence-electron chi connectivity index (χ0n) is 11.6. The minimum absolute atomic E-state index is 0.371. The molecular weight excluding hydrogens is 244 g/mol. The van der Waals surface area contributed by atoms with E-state index in [1.807, 2.05) is 6.07 Å². The molecule has 0 N–H and O–H groups in total. The van der Waals surface area contributed by atoms with Gasteiger partial charge in [0.05, 0.1) is 19.8 Å². The van der Waals surface area contributed by atoms with Crippen molar-refractivity contribution in [3.05, 3.63) is 29.5 Å². The first-order chi connectivity index (χ1) is 9.06. The van der Waals surface area contributed by atoms with Gasteiger partial charge in [0.25, 0.3) is 0 Å². The van der Waals surface area contributed by atoms with E-state index in [2.05, 4.69) is 13.8 Å². The normalized spacial score (nSPS) is 11.0. The lowest BCUT2D eigenvalue weighted by Gasteiger charge is -2.04. The molecule has 4 heteroatoms. The molecule has 19 heavy (non-hydrogen) atoms. The molecule has 1 aromatic carbocycles. The van der Waals surface area contributed by atoms with E-state index >= 15 is 0 Å². The third kappa shape index (κ3) is 2.57. The molecule has 0 saturated carbocycles. The van der Waals surface area contributed by atoms with Crippen LogP contribution in [0.3, 0.4) is 0 Å². The van der Waals surface area contributed by atoms with Gasteiger partial charge in [0.2, 0.25) is 0 Å². The first kappa shape index (κ1) is 13.5. The van der Waals surface area contributed by atoms with Gasteiger partial charge in [0.1, 0.15) is 5.76 Å². The summed E-state index contributed by atoms with van der Waals surface area (Å²) in [4.78, 5) is 11.8. The molecule has 0 radical (unpaired) electrons. The highest BCUT2D eigenvalue weighted by molar-refractivity contribution is 6.04. The maximum Gasteiger partial charge on any atom is 0.338 e. The van der Waals surface area contributed by atoms with Gasteiger partial charge in [0, 0.05) is 11.8 Å². The summed E-state index contributed by atoms with van der Waals surface area (Å²) in [6.45, 7) is 4.23. The number of furan rings is 1. The number of hydrogen-bond acceptors (Lipinski definition) is 4. The number of carbonyl (C=O) groups is 1. The van der Waals surface area contributed by atoms with Gasteiger partial charge in [-0.25, -0.2) is 4.79 Å². The SMILES string of the molecule is COC(=O)c1ccc(OC)c2oc(CC(C)C)cc12. The molecule has 102 valence electrons. The predicted octanol–water partition coefficient (Wildman–Crippen LogP) is 3.43. The lowest BCUT2D eigenvalue weighted by Crippen LogP contribution is -2.01. The number of esters is 1. The van der Waals surface area contributed by atoms with Crippen LogP contribution in [0.1, 0.15) is 30.0 Å². The quantitative estimate of drug-likeness (QED) is 0.792. The lowest BCUT2D eigenvalue weighted by atomic mass is 10.1. The Hall–Kier alpha value is -1.97. The van der Waals surface area contributed by atoms with Gasteiger partial charge in [-0.15, -0.1) is 0 Å². The smallest absolute Gasteiger partial charge is 0.338 e. The maximum atomic E-state index is 11.8. The largest absolute Gasteiger partial charge is 0.493 e. The summed E-state index contributed by atoms with van der Waals surface area (Å²) in [5.41, 5.74) is 1.10. The monoisotopic (exact) mass is 262 g/mol. The van der Waals surface area contributed by atoms with Crippen LogP contribution in [0.5, 0.6) is 5.75 Å². The van der Waals surface area contributed by atoms with Crippen molar-refractivity contribution in [1.82, 2.24) is 0 Å². The molecule has 0 aliphatic heterocycles. The van der Waals surface area contributed by atoms with Gasteiger partial charge in [-0.05, 0) is 24.1 Å². The van der Waals surface area contributed by atoms with E-state index in [0.717, 1.165) is 17.6 Å². The second-order valence-corrected chi connectivity index (χ2v) is 4.86. The summed E-state index contributed by atoms with van der Waals surface area (Å²) in [6, 6.07) is 5.31. The lowest BCUT2D eigenvalue weighted by molar-refractivity contribution is 0.0603. The van der Waals surface area contributed by atoms with Crippen molar-refractivity contribution in [2.24, 2.45) is 5.92 Å². The van der Waals surface area contributed by atoms with Crippen molar-refractivity contribution >= 4 is 16.9 Å². The minimum atomic E-state index is -0.371. The number of benzene rings is 1. The van der Waals surface area contributed by atoms with Crippen molar-refractivity contribution in [2.45, 2.75) is 20.3 Å². The summed E-state index contributed by atoms with van der Waals surface area (Å²) in [5, 5.41) is 0.738. The Kier molecular flexibility index (Phi) is 3.79. The summed E-state index contributed by atoms with van der Waals surface area (Å²) in [7, 11) is 2.95. The van der Waals surface area contributed by atoms with Crippen molar-refractivity contribution < 1.29 is 18.7 Å². The van der Waals surface area contributed by atoms with E-state index < -0.39 is 0 Å². The summed E-state index contributed by atoms with van der Waals surface area (Å²) < 4.78 is 15.9. The van der Waals surface area contributed by atoms with E-state index in [9.17, 15) is 4.79 Å². The number of fused-ring (bicyclic) bond motifs is 1. The Labute approximate surface area is 112 Å². The van der Waals surface area contributed by atoms with E-state index in [1.54, 1.807) is 19.2 Å². The van der Waals surface area contributed by atoms with Crippen LogP contribution < -0.4 is 4.74 Å². The zero-order valence-corrected chi connectivity index (χ0v) is 11.6. The number of ether oxygens (including phenoxy) is 2. The van der Waals surface area contributed by atoms with Crippen molar-refractivity contribution in [3.63, 3.8) is 0 Å². The van der Waals surface area contributed by atoms with Crippen LogP contribution in [-0.2, 0) is 11.2 Å². The number of carbonyl (C=O) groups excluding carboxylic acids is 1. The van der Waals surface area contributed by atoms with Gasteiger partial charge in [0.15, 0.2) is 11.3 Å². The van der Waals surface area contributed by atoms with Crippen LogP contribution in [0.2, 0.25) is 0 Å². The Morgan fingerprint density at radius 2 is 2.05 bits per heavy atom. The molecular formula is C15H18O4. The topological polar surface area (TPSA) is 48.7 Å². The number of methoxy groups -OCH3 is 2. The fourth-order valence-corrected chi connectivity index (χ4v) is 2.10. The third-order valence-electron chi connectivity index (χ3n) is 2.93. The Morgan fingerprint density at radius 3 is 2.63 bits per heavy atom. The van der Waals surface area contributed by atoms with E-state index in [4.69, 9.17) is 13.9 Å². The molecule has 0 atom stereocenters. The summed E-state index contributed by atoms with van der Waals surface area (Å²) >= 11 is 0. The van der Waals surface area contributed by atoms with E-state index in [0.29, 0.717) is 22.8 Å². The maximum absolute atomic E-state index is 11.8. The number of rotatable bonds is 4. The highest BCUT2D eigenvalue weighted by Crippen LogP contribution is 2.32. The van der Waals surface area contributed by atoms with Crippen LogP contribution in [-0.4, -0.2) is 20.2 Å². The zero-order chi connectivity index (χ0) is 14.0. The predicted molar refractivity (Wildman–Crippen MR) is 72.6 cm³/mol.